The fraction of sp³-hybridized carbons (Fsp3) is 0.545. The molecule has 1 aromatic carbocycles. The van der Waals surface area contributed by atoms with Crippen LogP contribution in [0.4, 0.5) is 0 Å². The lowest BCUT2D eigenvalue weighted by atomic mass is 9.77. The number of carbonyl (C=O) groups excluding carboxylic acids is 2. The molecule has 1 aromatic rings. The third kappa shape index (κ3) is 4.49. The fourth-order valence-electron chi connectivity index (χ4n) is 4.22. The normalized spacial score (nSPS) is 22.6. The highest BCUT2D eigenvalue weighted by atomic mass is 16.7. The van der Waals surface area contributed by atoms with E-state index in [1.54, 1.807) is 6.26 Å². The molecule has 0 radical (unpaired) electrons. The molecule has 0 N–H and O–H groups in total. The summed E-state index contributed by atoms with van der Waals surface area (Å²) in [4.78, 5) is 27.4. The second-order valence-electron chi connectivity index (χ2n) is 7.18. The second-order valence-corrected chi connectivity index (χ2v) is 7.18. The summed E-state index contributed by atoms with van der Waals surface area (Å²) in [6, 6.07) is 9.75. The van der Waals surface area contributed by atoms with E-state index in [0.717, 1.165) is 12.0 Å². The highest BCUT2D eigenvalue weighted by molar-refractivity contribution is 5.79. The summed E-state index contributed by atoms with van der Waals surface area (Å²) in [6.45, 7) is 4.80. The van der Waals surface area contributed by atoms with E-state index in [4.69, 9.17) is 14.2 Å². The first-order valence-electron chi connectivity index (χ1n) is 10.1. The lowest BCUT2D eigenvalue weighted by Gasteiger charge is -2.44. The van der Waals surface area contributed by atoms with Crippen molar-refractivity contribution in [2.45, 2.75) is 45.6 Å². The summed E-state index contributed by atoms with van der Waals surface area (Å²) in [5.41, 5.74) is 1.13. The van der Waals surface area contributed by atoms with Crippen LogP contribution < -0.4 is 0 Å². The number of amides is 1. The summed E-state index contributed by atoms with van der Waals surface area (Å²) < 4.78 is 16.4. The van der Waals surface area contributed by atoms with Crippen LogP contribution >= 0.6 is 0 Å². The number of esters is 1. The first-order valence-corrected chi connectivity index (χ1v) is 10.1. The van der Waals surface area contributed by atoms with Crippen molar-refractivity contribution in [1.29, 1.82) is 0 Å². The van der Waals surface area contributed by atoms with Gasteiger partial charge in [0.15, 0.2) is 0 Å². The van der Waals surface area contributed by atoms with Gasteiger partial charge in [-0.2, -0.15) is 0 Å². The minimum Gasteiger partial charge on any atom is -0.466 e. The molecule has 0 aromatic heterocycles. The van der Waals surface area contributed by atoms with Gasteiger partial charge >= 0.3 is 5.97 Å². The van der Waals surface area contributed by atoms with Gasteiger partial charge in [0.1, 0.15) is 12.0 Å². The Kier molecular flexibility index (Phi) is 6.95. The number of hydrogen-bond donors (Lipinski definition) is 0. The third-order valence-corrected chi connectivity index (χ3v) is 5.47. The van der Waals surface area contributed by atoms with E-state index in [9.17, 15) is 9.59 Å². The van der Waals surface area contributed by atoms with Crippen LogP contribution in [0.3, 0.4) is 0 Å². The first-order chi connectivity index (χ1) is 13.7. The van der Waals surface area contributed by atoms with E-state index in [-0.39, 0.29) is 36.5 Å². The molecule has 0 saturated carbocycles. The summed E-state index contributed by atoms with van der Waals surface area (Å²) in [5.74, 6) is -0.0349. The molecule has 3 rings (SSSR count). The molecule has 0 aliphatic carbocycles. The molecule has 3 unspecified atom stereocenters. The van der Waals surface area contributed by atoms with Crippen molar-refractivity contribution in [2.24, 2.45) is 11.8 Å². The topological polar surface area (TPSA) is 65.1 Å². The van der Waals surface area contributed by atoms with Gasteiger partial charge in [0.05, 0.1) is 18.6 Å². The maximum atomic E-state index is 12.8. The highest BCUT2D eigenvalue weighted by Gasteiger charge is 2.45. The zero-order valence-corrected chi connectivity index (χ0v) is 16.6. The Labute approximate surface area is 166 Å². The average Bonchev–Trinajstić information content (AvgIpc) is 3.26. The fourth-order valence-corrected chi connectivity index (χ4v) is 4.22. The number of benzene rings is 1. The van der Waals surface area contributed by atoms with E-state index in [0.29, 0.717) is 38.2 Å². The number of nitrogens with zero attached hydrogens (tertiary/aromatic N) is 1. The van der Waals surface area contributed by atoms with Crippen LogP contribution in [0.25, 0.3) is 0 Å². The van der Waals surface area contributed by atoms with Crippen molar-refractivity contribution in [3.8, 4) is 0 Å². The SMILES string of the molecule is CCOC(=O)C1CCCN(C(=O)CC)C1C(Cc1ccccc1)C1=COCO1. The second kappa shape index (κ2) is 9.62. The lowest BCUT2D eigenvalue weighted by molar-refractivity contribution is -0.156. The molecule has 1 fully saturated rings. The molecule has 2 aliphatic rings. The van der Waals surface area contributed by atoms with Gasteiger partial charge in [-0.1, -0.05) is 37.3 Å². The van der Waals surface area contributed by atoms with Crippen LogP contribution in [-0.4, -0.2) is 42.8 Å². The number of hydrogen-bond acceptors (Lipinski definition) is 5. The summed E-state index contributed by atoms with van der Waals surface area (Å²) in [5, 5.41) is 0. The molecular weight excluding hydrogens is 358 g/mol. The van der Waals surface area contributed by atoms with E-state index >= 15 is 0 Å². The standard InChI is InChI=1S/C22H29NO5/c1-3-20(24)23-12-8-11-17(22(25)27-4-2)21(23)18(19-14-26-15-28-19)13-16-9-6-5-7-10-16/h5-7,9-10,14,17-18,21H,3-4,8,11-13,15H2,1-2H3. The van der Waals surface area contributed by atoms with Gasteiger partial charge in [0.2, 0.25) is 12.7 Å². The summed E-state index contributed by atoms with van der Waals surface area (Å²) in [6.07, 6.45) is 4.18. The largest absolute Gasteiger partial charge is 0.466 e. The molecule has 28 heavy (non-hydrogen) atoms. The minimum atomic E-state index is -0.372. The van der Waals surface area contributed by atoms with Crippen LogP contribution in [0.5, 0.6) is 0 Å². The smallest absolute Gasteiger partial charge is 0.311 e. The molecule has 6 nitrogen and oxygen atoms in total. The van der Waals surface area contributed by atoms with Crippen molar-refractivity contribution < 1.29 is 23.8 Å². The van der Waals surface area contributed by atoms with Crippen LogP contribution in [-0.2, 0) is 30.2 Å². The van der Waals surface area contributed by atoms with E-state index < -0.39 is 0 Å². The maximum absolute atomic E-state index is 12.8. The van der Waals surface area contributed by atoms with Gasteiger partial charge < -0.3 is 19.1 Å². The van der Waals surface area contributed by atoms with Gasteiger partial charge in [-0.3, -0.25) is 9.59 Å². The number of rotatable bonds is 7. The van der Waals surface area contributed by atoms with Crippen LogP contribution in [0, 0.1) is 11.8 Å². The van der Waals surface area contributed by atoms with Gasteiger partial charge in [-0.25, -0.2) is 0 Å². The van der Waals surface area contributed by atoms with E-state index in [1.807, 2.05) is 36.9 Å². The van der Waals surface area contributed by atoms with Crippen molar-refractivity contribution in [3.63, 3.8) is 0 Å². The molecule has 0 bridgehead atoms. The van der Waals surface area contributed by atoms with Crippen molar-refractivity contribution in [2.75, 3.05) is 19.9 Å². The zero-order chi connectivity index (χ0) is 19.9. The Morgan fingerprint density at radius 1 is 1.25 bits per heavy atom. The molecule has 2 aliphatic heterocycles. The van der Waals surface area contributed by atoms with E-state index in [2.05, 4.69) is 12.1 Å². The van der Waals surface area contributed by atoms with Gasteiger partial charge in [-0.15, -0.1) is 0 Å². The maximum Gasteiger partial charge on any atom is 0.311 e. The molecule has 0 spiro atoms. The van der Waals surface area contributed by atoms with Crippen LogP contribution in [0.2, 0.25) is 0 Å². The molecule has 1 amide bonds. The van der Waals surface area contributed by atoms with Crippen molar-refractivity contribution in [3.05, 3.63) is 47.9 Å². The average molecular weight is 387 g/mol. The quantitative estimate of drug-likeness (QED) is 0.672. The van der Waals surface area contributed by atoms with Gasteiger partial charge in [-0.05, 0) is 31.7 Å². The zero-order valence-electron chi connectivity index (χ0n) is 16.6. The molecule has 2 heterocycles. The number of piperidine rings is 1. The highest BCUT2D eigenvalue weighted by Crippen LogP contribution is 2.37. The number of ether oxygens (including phenoxy) is 3. The van der Waals surface area contributed by atoms with Crippen molar-refractivity contribution in [1.82, 2.24) is 4.90 Å². The summed E-state index contributed by atoms with van der Waals surface area (Å²) in [7, 11) is 0. The van der Waals surface area contributed by atoms with Gasteiger partial charge in [0.25, 0.3) is 0 Å². The first kappa shape index (κ1) is 20.2. The monoisotopic (exact) mass is 387 g/mol. The predicted octanol–water partition coefficient (Wildman–Crippen LogP) is 3.27. The van der Waals surface area contributed by atoms with Crippen LogP contribution in [0.15, 0.2) is 42.4 Å². The van der Waals surface area contributed by atoms with Crippen molar-refractivity contribution >= 4 is 11.9 Å². The summed E-state index contributed by atoms with van der Waals surface area (Å²) >= 11 is 0. The molecule has 1 saturated heterocycles. The minimum absolute atomic E-state index is 0.0524. The Hall–Kier alpha value is -2.50. The lowest BCUT2D eigenvalue weighted by Crippen LogP contribution is -2.55. The Bertz CT molecular complexity index is 702. The number of carbonyl (C=O) groups is 2. The Balaban J connectivity index is 1.98. The van der Waals surface area contributed by atoms with E-state index in [1.165, 1.54) is 0 Å². The van der Waals surface area contributed by atoms with Gasteiger partial charge in [0, 0.05) is 18.9 Å². The molecule has 6 heteroatoms. The molecular formula is C22H29NO5. The predicted molar refractivity (Wildman–Crippen MR) is 104 cm³/mol. The Morgan fingerprint density at radius 3 is 2.68 bits per heavy atom. The number of likely N-dealkylation sites (tertiary alicyclic amines) is 1. The molecule has 152 valence electrons. The third-order valence-electron chi connectivity index (χ3n) is 5.47. The molecule has 3 atom stereocenters. The van der Waals surface area contributed by atoms with Crippen LogP contribution in [0.1, 0.15) is 38.7 Å². The Morgan fingerprint density at radius 2 is 2.04 bits per heavy atom.